The predicted octanol–water partition coefficient (Wildman–Crippen LogP) is 3.08. The first-order chi connectivity index (χ1) is 9.63. The molecule has 2 aromatic rings. The summed E-state index contributed by atoms with van der Waals surface area (Å²) < 4.78 is 0. The molecule has 0 radical (unpaired) electrons. The average Bonchev–Trinajstić information content (AvgIpc) is 2.55. The molecule has 0 fully saturated rings. The van der Waals surface area contributed by atoms with Gasteiger partial charge in [-0.15, -0.1) is 0 Å². The third kappa shape index (κ3) is 2.32. The van der Waals surface area contributed by atoms with Gasteiger partial charge in [-0.1, -0.05) is 24.3 Å². The maximum atomic E-state index is 11.8. The van der Waals surface area contributed by atoms with Crippen LogP contribution in [0.2, 0.25) is 0 Å². The Bertz CT molecular complexity index is 649. The van der Waals surface area contributed by atoms with Crippen LogP contribution < -0.4 is 16.4 Å². The number of nitrogens with one attached hydrogen (secondary N) is 2. The van der Waals surface area contributed by atoms with Crippen molar-refractivity contribution in [3.8, 4) is 11.1 Å². The third-order valence-corrected chi connectivity index (χ3v) is 3.44. The van der Waals surface area contributed by atoms with Gasteiger partial charge >= 0.3 is 0 Å². The molecule has 0 bridgehead atoms. The second kappa shape index (κ2) is 4.89. The number of nitrogens with two attached hydrogens (primary N) is 1. The summed E-state index contributed by atoms with van der Waals surface area (Å²) in [5, 5.41) is 6.37. The molecule has 0 unspecified atom stereocenters. The van der Waals surface area contributed by atoms with Crippen molar-refractivity contribution in [1.82, 2.24) is 0 Å². The number of amides is 1. The zero-order valence-corrected chi connectivity index (χ0v) is 11.3. The molecule has 1 aliphatic rings. The molecule has 4 N–H and O–H groups in total. The molecule has 4 heteroatoms. The minimum atomic E-state index is 0.0400. The lowest BCUT2D eigenvalue weighted by molar-refractivity contribution is -0.116. The second-order valence-corrected chi connectivity index (χ2v) is 5.15. The molecule has 0 saturated heterocycles. The van der Waals surface area contributed by atoms with Gasteiger partial charge in [0.15, 0.2) is 0 Å². The molecule has 0 spiro atoms. The van der Waals surface area contributed by atoms with Crippen molar-refractivity contribution in [3.05, 3.63) is 42.5 Å². The number of benzene rings is 2. The summed E-state index contributed by atoms with van der Waals surface area (Å²) in [6, 6.07) is 13.8. The van der Waals surface area contributed by atoms with Crippen LogP contribution in [-0.4, -0.2) is 11.9 Å². The van der Waals surface area contributed by atoms with Crippen molar-refractivity contribution in [3.63, 3.8) is 0 Å². The van der Waals surface area contributed by atoms with Gasteiger partial charge in [-0.25, -0.2) is 0 Å². The molecule has 0 saturated carbocycles. The van der Waals surface area contributed by atoms with Gasteiger partial charge in [-0.2, -0.15) is 0 Å². The van der Waals surface area contributed by atoms with Crippen molar-refractivity contribution in [1.29, 1.82) is 0 Å². The van der Waals surface area contributed by atoms with Crippen molar-refractivity contribution < 1.29 is 4.79 Å². The maximum absolute atomic E-state index is 11.8. The van der Waals surface area contributed by atoms with E-state index in [4.69, 9.17) is 5.73 Å². The van der Waals surface area contributed by atoms with Crippen molar-refractivity contribution in [2.75, 3.05) is 16.4 Å². The zero-order chi connectivity index (χ0) is 14.1. The van der Waals surface area contributed by atoms with E-state index in [0.717, 1.165) is 28.2 Å². The third-order valence-electron chi connectivity index (χ3n) is 3.44. The Morgan fingerprint density at radius 2 is 1.90 bits per heavy atom. The van der Waals surface area contributed by atoms with E-state index in [9.17, 15) is 4.79 Å². The van der Waals surface area contributed by atoms with Crippen LogP contribution >= 0.6 is 0 Å². The van der Waals surface area contributed by atoms with Crippen molar-refractivity contribution in [2.24, 2.45) is 0 Å². The van der Waals surface area contributed by atoms with E-state index < -0.39 is 0 Å². The Morgan fingerprint density at radius 1 is 1.15 bits per heavy atom. The normalized spacial score (nSPS) is 17.6. The minimum Gasteiger partial charge on any atom is -0.399 e. The fourth-order valence-corrected chi connectivity index (χ4v) is 2.49. The molecule has 1 aliphatic heterocycles. The van der Waals surface area contributed by atoms with E-state index in [2.05, 4.69) is 10.6 Å². The van der Waals surface area contributed by atoms with Gasteiger partial charge in [0, 0.05) is 23.7 Å². The maximum Gasteiger partial charge on any atom is 0.226 e. The first kappa shape index (κ1) is 12.5. The summed E-state index contributed by atoms with van der Waals surface area (Å²) in [7, 11) is 0. The van der Waals surface area contributed by atoms with E-state index in [1.54, 1.807) is 0 Å². The van der Waals surface area contributed by atoms with Crippen LogP contribution in [0.15, 0.2) is 42.5 Å². The highest BCUT2D eigenvalue weighted by Crippen LogP contribution is 2.36. The van der Waals surface area contributed by atoms with Gasteiger partial charge in [-0.3, -0.25) is 4.79 Å². The van der Waals surface area contributed by atoms with Crippen LogP contribution in [0.1, 0.15) is 13.3 Å². The van der Waals surface area contributed by atoms with E-state index in [1.807, 2.05) is 49.4 Å². The van der Waals surface area contributed by atoms with Crippen LogP contribution in [0.5, 0.6) is 0 Å². The van der Waals surface area contributed by atoms with Gasteiger partial charge in [0.1, 0.15) is 0 Å². The van der Waals surface area contributed by atoms with E-state index in [1.165, 1.54) is 0 Å². The predicted molar refractivity (Wildman–Crippen MR) is 82.6 cm³/mol. The number of rotatable bonds is 1. The lowest BCUT2D eigenvalue weighted by atomic mass is 10.0. The molecule has 0 aromatic heterocycles. The molecule has 0 aliphatic carbocycles. The minimum absolute atomic E-state index is 0.0400. The summed E-state index contributed by atoms with van der Waals surface area (Å²) in [6.45, 7) is 2.01. The van der Waals surface area contributed by atoms with E-state index in [-0.39, 0.29) is 11.9 Å². The molecule has 2 aromatic carbocycles. The largest absolute Gasteiger partial charge is 0.399 e. The van der Waals surface area contributed by atoms with Gasteiger partial charge in [-0.05, 0) is 30.7 Å². The number of hydrogen-bond donors (Lipinski definition) is 3. The number of anilines is 3. The quantitative estimate of drug-likeness (QED) is 0.696. The van der Waals surface area contributed by atoms with Gasteiger partial charge in [0.25, 0.3) is 0 Å². The number of fused-ring (bicyclic) bond motifs is 1. The Morgan fingerprint density at radius 3 is 2.65 bits per heavy atom. The summed E-state index contributed by atoms with van der Waals surface area (Å²) in [5.41, 5.74) is 10.4. The average molecular weight is 267 g/mol. The van der Waals surface area contributed by atoms with Crippen LogP contribution in [0.3, 0.4) is 0 Å². The summed E-state index contributed by atoms with van der Waals surface area (Å²) in [5.74, 6) is 0.0400. The van der Waals surface area contributed by atoms with E-state index >= 15 is 0 Å². The Balaban J connectivity index is 2.11. The molecular weight excluding hydrogens is 250 g/mol. The van der Waals surface area contributed by atoms with Crippen LogP contribution in [-0.2, 0) is 4.79 Å². The molecule has 1 amide bonds. The summed E-state index contributed by atoms with van der Waals surface area (Å²) in [6.07, 6.45) is 0.468. The Kier molecular flexibility index (Phi) is 3.06. The van der Waals surface area contributed by atoms with Crippen molar-refractivity contribution in [2.45, 2.75) is 19.4 Å². The van der Waals surface area contributed by atoms with Gasteiger partial charge in [0.05, 0.1) is 11.4 Å². The molecule has 102 valence electrons. The zero-order valence-electron chi connectivity index (χ0n) is 11.3. The lowest BCUT2D eigenvalue weighted by Gasteiger charge is -2.16. The molecule has 20 heavy (non-hydrogen) atoms. The number of para-hydroxylation sites is 1. The molecule has 1 heterocycles. The number of nitrogen functional groups attached to an aromatic ring is 1. The molecular formula is C16H17N3O. The first-order valence-electron chi connectivity index (χ1n) is 6.69. The lowest BCUT2D eigenvalue weighted by Crippen LogP contribution is -2.19. The summed E-state index contributed by atoms with van der Waals surface area (Å²) >= 11 is 0. The summed E-state index contributed by atoms with van der Waals surface area (Å²) in [4.78, 5) is 11.8. The van der Waals surface area contributed by atoms with E-state index in [0.29, 0.717) is 6.42 Å². The highest BCUT2D eigenvalue weighted by atomic mass is 16.1. The molecule has 3 rings (SSSR count). The SMILES string of the molecule is C[C@@H]1CC(=O)Nc2cccc(-c3ccc(N)cc3)c2N1. The standard InChI is InChI=1S/C16H17N3O/c1-10-9-15(20)19-14-4-2-3-13(16(14)18-10)11-5-7-12(17)8-6-11/h2-8,10,18H,9,17H2,1H3,(H,19,20)/t10-/m1/s1. The Hall–Kier alpha value is -2.49. The Labute approximate surface area is 118 Å². The number of carbonyl (C=O) groups is 1. The van der Waals surface area contributed by atoms with Gasteiger partial charge < -0.3 is 16.4 Å². The number of hydrogen-bond acceptors (Lipinski definition) is 3. The monoisotopic (exact) mass is 267 g/mol. The highest BCUT2D eigenvalue weighted by molar-refractivity contribution is 6.00. The second-order valence-electron chi connectivity index (χ2n) is 5.15. The topological polar surface area (TPSA) is 67.2 Å². The van der Waals surface area contributed by atoms with Crippen LogP contribution in [0.4, 0.5) is 17.1 Å². The highest BCUT2D eigenvalue weighted by Gasteiger charge is 2.20. The van der Waals surface area contributed by atoms with Crippen molar-refractivity contribution >= 4 is 23.0 Å². The fraction of sp³-hybridized carbons (Fsp3) is 0.188. The number of carbonyl (C=O) groups excluding carboxylic acids is 1. The fourth-order valence-electron chi connectivity index (χ4n) is 2.49. The molecule has 1 atom stereocenters. The van der Waals surface area contributed by atoms with Crippen LogP contribution in [0.25, 0.3) is 11.1 Å². The van der Waals surface area contributed by atoms with Crippen LogP contribution in [0, 0.1) is 0 Å². The first-order valence-corrected chi connectivity index (χ1v) is 6.69. The molecule has 4 nitrogen and oxygen atoms in total. The smallest absolute Gasteiger partial charge is 0.226 e. The van der Waals surface area contributed by atoms with Gasteiger partial charge in [0.2, 0.25) is 5.91 Å².